The number of hydrogen-bond donors (Lipinski definition) is 2. The Morgan fingerprint density at radius 1 is 1.03 bits per heavy atom. The van der Waals surface area contributed by atoms with Gasteiger partial charge in [0, 0.05) is 50.5 Å². The Balaban J connectivity index is 3.26. The summed E-state index contributed by atoms with van der Waals surface area (Å²) < 4.78 is 0. The van der Waals surface area contributed by atoms with E-state index in [0.29, 0.717) is 24.6 Å². The molecule has 0 aromatic heterocycles. The van der Waals surface area contributed by atoms with Gasteiger partial charge in [0.2, 0.25) is 5.91 Å². The molecule has 0 saturated carbocycles. The minimum atomic E-state index is -0.232. The van der Waals surface area contributed by atoms with Crippen LogP contribution in [0.4, 0.5) is 16.2 Å². The van der Waals surface area contributed by atoms with E-state index < -0.39 is 0 Å². The van der Waals surface area contributed by atoms with Gasteiger partial charge < -0.3 is 20.4 Å². The summed E-state index contributed by atoms with van der Waals surface area (Å²) in [5.74, 6) is 0.499. The number of carbonyl (C=O) groups is 2. The molecular formula is C24H42N4O2. The maximum absolute atomic E-state index is 13.2. The van der Waals surface area contributed by atoms with Crippen LogP contribution in [-0.2, 0) is 11.3 Å². The van der Waals surface area contributed by atoms with Crippen molar-refractivity contribution in [2.75, 3.05) is 24.3 Å². The molecule has 0 radical (unpaired) electrons. The molecule has 1 aromatic rings. The molecule has 1 aromatic carbocycles. The Morgan fingerprint density at radius 3 is 2.10 bits per heavy atom. The van der Waals surface area contributed by atoms with Crippen LogP contribution in [0.2, 0.25) is 0 Å². The summed E-state index contributed by atoms with van der Waals surface area (Å²) >= 11 is 0. The Kier molecular flexibility index (Phi) is 9.19. The highest BCUT2D eigenvalue weighted by Gasteiger charge is 2.27. The fraction of sp³-hybridized carbons (Fsp3) is 0.667. The SMILES string of the molecule is CC(C)NC(=O)Nc1ccc(N(C)C)c(CN(C(=O)CC(C)(C)C)C(C)C(C)C)c1. The lowest BCUT2D eigenvalue weighted by Gasteiger charge is -2.35. The van der Waals surface area contributed by atoms with Gasteiger partial charge in [0.25, 0.3) is 0 Å². The molecule has 6 heteroatoms. The zero-order chi connectivity index (χ0) is 23.2. The summed E-state index contributed by atoms with van der Waals surface area (Å²) in [5.41, 5.74) is 2.69. The maximum atomic E-state index is 13.2. The normalized spacial score (nSPS) is 12.7. The van der Waals surface area contributed by atoms with E-state index in [1.54, 1.807) is 0 Å². The lowest BCUT2D eigenvalue weighted by Crippen LogP contribution is -2.42. The number of amides is 3. The van der Waals surface area contributed by atoms with Crippen molar-refractivity contribution in [1.29, 1.82) is 0 Å². The Bertz CT molecular complexity index is 720. The fourth-order valence-electron chi connectivity index (χ4n) is 3.21. The third kappa shape index (κ3) is 8.25. The third-order valence-electron chi connectivity index (χ3n) is 5.04. The van der Waals surface area contributed by atoms with Gasteiger partial charge in [-0.15, -0.1) is 0 Å². The molecule has 0 spiro atoms. The Hall–Kier alpha value is -2.24. The molecule has 170 valence electrons. The molecule has 0 aliphatic carbocycles. The van der Waals surface area contributed by atoms with Gasteiger partial charge in [0.15, 0.2) is 0 Å². The number of benzene rings is 1. The first-order valence-corrected chi connectivity index (χ1v) is 10.9. The molecule has 3 amide bonds. The van der Waals surface area contributed by atoms with Crippen LogP contribution < -0.4 is 15.5 Å². The van der Waals surface area contributed by atoms with Crippen molar-refractivity contribution in [3.8, 4) is 0 Å². The average Bonchev–Trinajstić information content (AvgIpc) is 2.56. The van der Waals surface area contributed by atoms with Crippen molar-refractivity contribution in [2.45, 2.75) is 80.4 Å². The Morgan fingerprint density at radius 2 is 1.63 bits per heavy atom. The first kappa shape index (κ1) is 25.8. The second kappa shape index (κ2) is 10.7. The molecule has 2 N–H and O–H groups in total. The van der Waals surface area contributed by atoms with E-state index >= 15 is 0 Å². The van der Waals surface area contributed by atoms with E-state index in [-0.39, 0.29) is 29.4 Å². The number of anilines is 2. The number of hydrogen-bond acceptors (Lipinski definition) is 3. The highest BCUT2D eigenvalue weighted by atomic mass is 16.2. The molecule has 0 heterocycles. The van der Waals surface area contributed by atoms with E-state index in [1.807, 2.05) is 55.9 Å². The van der Waals surface area contributed by atoms with Gasteiger partial charge in [-0.05, 0) is 55.9 Å². The van der Waals surface area contributed by atoms with Gasteiger partial charge in [-0.1, -0.05) is 34.6 Å². The lowest BCUT2D eigenvalue weighted by atomic mass is 9.90. The van der Waals surface area contributed by atoms with Gasteiger partial charge in [-0.25, -0.2) is 4.79 Å². The molecule has 1 rings (SSSR count). The molecule has 1 unspecified atom stereocenters. The molecule has 0 saturated heterocycles. The van der Waals surface area contributed by atoms with Gasteiger partial charge in [-0.2, -0.15) is 0 Å². The van der Waals surface area contributed by atoms with Crippen LogP contribution in [0.3, 0.4) is 0 Å². The molecular weight excluding hydrogens is 376 g/mol. The van der Waals surface area contributed by atoms with Gasteiger partial charge in [-0.3, -0.25) is 4.79 Å². The Labute approximate surface area is 183 Å². The van der Waals surface area contributed by atoms with Crippen molar-refractivity contribution >= 4 is 23.3 Å². The predicted octanol–water partition coefficient (Wildman–Crippen LogP) is 5.09. The van der Waals surface area contributed by atoms with Gasteiger partial charge in [0.1, 0.15) is 0 Å². The molecule has 0 aliphatic heterocycles. The summed E-state index contributed by atoms with van der Waals surface area (Å²) in [5, 5.41) is 5.74. The number of urea groups is 1. The maximum Gasteiger partial charge on any atom is 0.319 e. The molecule has 6 nitrogen and oxygen atoms in total. The van der Waals surface area contributed by atoms with Crippen molar-refractivity contribution < 1.29 is 9.59 Å². The zero-order valence-electron chi connectivity index (χ0n) is 20.6. The highest BCUT2D eigenvalue weighted by Crippen LogP contribution is 2.28. The van der Waals surface area contributed by atoms with E-state index in [9.17, 15) is 9.59 Å². The molecule has 0 fully saturated rings. The largest absolute Gasteiger partial charge is 0.377 e. The van der Waals surface area contributed by atoms with Crippen LogP contribution in [0.1, 0.15) is 67.4 Å². The first-order valence-electron chi connectivity index (χ1n) is 10.9. The third-order valence-corrected chi connectivity index (χ3v) is 5.04. The summed E-state index contributed by atoms with van der Waals surface area (Å²) in [6.45, 7) is 17.0. The summed E-state index contributed by atoms with van der Waals surface area (Å²) in [7, 11) is 3.98. The van der Waals surface area contributed by atoms with Crippen molar-refractivity contribution in [1.82, 2.24) is 10.2 Å². The minimum absolute atomic E-state index is 0.0583. The van der Waals surface area contributed by atoms with Crippen molar-refractivity contribution in [2.24, 2.45) is 11.3 Å². The number of nitrogens with one attached hydrogen (secondary N) is 2. The first-order chi connectivity index (χ1) is 13.7. The monoisotopic (exact) mass is 418 g/mol. The average molecular weight is 419 g/mol. The lowest BCUT2D eigenvalue weighted by molar-refractivity contribution is -0.136. The van der Waals surface area contributed by atoms with Gasteiger partial charge >= 0.3 is 6.03 Å². The number of carbonyl (C=O) groups excluding carboxylic acids is 2. The molecule has 1 atom stereocenters. The number of rotatable bonds is 8. The highest BCUT2D eigenvalue weighted by molar-refractivity contribution is 5.90. The fourth-order valence-corrected chi connectivity index (χ4v) is 3.21. The van der Waals surface area contributed by atoms with E-state index in [2.05, 4.69) is 52.2 Å². The smallest absolute Gasteiger partial charge is 0.319 e. The van der Waals surface area contributed by atoms with Crippen LogP contribution in [0.5, 0.6) is 0 Å². The summed E-state index contributed by atoms with van der Waals surface area (Å²) in [6, 6.07) is 5.79. The predicted molar refractivity (Wildman–Crippen MR) is 127 cm³/mol. The van der Waals surface area contributed by atoms with Crippen molar-refractivity contribution in [3.05, 3.63) is 23.8 Å². The van der Waals surface area contributed by atoms with E-state index in [4.69, 9.17) is 0 Å². The van der Waals surface area contributed by atoms with Crippen LogP contribution in [0, 0.1) is 11.3 Å². The van der Waals surface area contributed by atoms with Crippen LogP contribution in [0.25, 0.3) is 0 Å². The minimum Gasteiger partial charge on any atom is -0.377 e. The zero-order valence-corrected chi connectivity index (χ0v) is 20.6. The molecule has 0 aliphatic rings. The van der Waals surface area contributed by atoms with Gasteiger partial charge in [0.05, 0.1) is 0 Å². The van der Waals surface area contributed by atoms with Crippen LogP contribution in [0.15, 0.2) is 18.2 Å². The standard InChI is InChI=1S/C24H42N4O2/c1-16(2)18(5)28(22(29)14-24(6,7)8)15-19-13-20(11-12-21(19)27(9)10)26-23(30)25-17(3)4/h11-13,16-18H,14-15H2,1-10H3,(H2,25,26,30). The molecule has 30 heavy (non-hydrogen) atoms. The second-order valence-electron chi connectivity index (χ2n) is 10.2. The topological polar surface area (TPSA) is 64.7 Å². The van der Waals surface area contributed by atoms with Crippen LogP contribution in [-0.4, -0.2) is 43.0 Å². The molecule has 0 bridgehead atoms. The van der Waals surface area contributed by atoms with Crippen molar-refractivity contribution in [3.63, 3.8) is 0 Å². The van der Waals surface area contributed by atoms with Crippen LogP contribution >= 0.6 is 0 Å². The number of nitrogens with zero attached hydrogens (tertiary/aromatic N) is 2. The quantitative estimate of drug-likeness (QED) is 0.618. The van der Waals surface area contributed by atoms with E-state index in [0.717, 1.165) is 11.3 Å². The van der Waals surface area contributed by atoms with E-state index in [1.165, 1.54) is 0 Å². The summed E-state index contributed by atoms with van der Waals surface area (Å²) in [6.07, 6.45) is 0.496. The second-order valence-corrected chi connectivity index (χ2v) is 10.2. The summed E-state index contributed by atoms with van der Waals surface area (Å²) in [4.78, 5) is 29.4.